The van der Waals surface area contributed by atoms with Crippen molar-refractivity contribution in [2.45, 2.75) is 18.9 Å². The van der Waals surface area contributed by atoms with Gasteiger partial charge in [-0.15, -0.1) is 0 Å². The smallest absolute Gasteiger partial charge is 0.273 e. The average molecular weight is 381 g/mol. The summed E-state index contributed by atoms with van der Waals surface area (Å²) in [6.07, 6.45) is 3.75. The summed E-state index contributed by atoms with van der Waals surface area (Å²) in [7, 11) is 0. The molecule has 1 aliphatic rings. The van der Waals surface area contributed by atoms with Crippen molar-refractivity contribution in [1.82, 2.24) is 9.88 Å². The van der Waals surface area contributed by atoms with E-state index in [0.29, 0.717) is 5.69 Å². The van der Waals surface area contributed by atoms with Crippen LogP contribution in [0.5, 0.6) is 0 Å². The molecule has 1 aliphatic heterocycles. The molecule has 0 bridgehead atoms. The van der Waals surface area contributed by atoms with Crippen LogP contribution in [-0.4, -0.2) is 22.3 Å². The summed E-state index contributed by atoms with van der Waals surface area (Å²) >= 11 is 3.47. The Balaban J connectivity index is 1.71. The minimum Gasteiger partial charge on any atom is -0.330 e. The lowest BCUT2D eigenvalue weighted by Crippen LogP contribution is -2.31. The lowest BCUT2D eigenvalue weighted by molar-refractivity contribution is 0.0732. The lowest BCUT2D eigenvalue weighted by atomic mass is 10.0. The van der Waals surface area contributed by atoms with E-state index in [2.05, 4.69) is 33.0 Å². The standard InChI is InChI=1S/C20H17BrN2O/c21-16-9-7-15(8-10-16)18-6-3-13-23(18)20(24)19-17-5-2-1-4-14(17)11-12-22-19/h1-2,4-5,7-12,18H,3,6,13H2. The molecule has 0 aliphatic carbocycles. The van der Waals surface area contributed by atoms with Gasteiger partial charge in [-0.25, -0.2) is 0 Å². The van der Waals surface area contributed by atoms with Crippen LogP contribution >= 0.6 is 15.9 Å². The van der Waals surface area contributed by atoms with E-state index in [1.54, 1.807) is 6.20 Å². The molecule has 2 aromatic carbocycles. The van der Waals surface area contributed by atoms with Gasteiger partial charge in [0.05, 0.1) is 6.04 Å². The van der Waals surface area contributed by atoms with Crippen LogP contribution in [0, 0.1) is 0 Å². The summed E-state index contributed by atoms with van der Waals surface area (Å²) in [4.78, 5) is 19.5. The first-order chi connectivity index (χ1) is 11.7. The van der Waals surface area contributed by atoms with Crippen LogP contribution in [0.15, 0.2) is 65.3 Å². The lowest BCUT2D eigenvalue weighted by Gasteiger charge is -2.25. The second kappa shape index (κ2) is 6.36. The van der Waals surface area contributed by atoms with Gasteiger partial charge in [0, 0.05) is 22.6 Å². The van der Waals surface area contributed by atoms with E-state index in [4.69, 9.17) is 0 Å². The number of rotatable bonds is 2. The van der Waals surface area contributed by atoms with Gasteiger partial charge in [-0.3, -0.25) is 9.78 Å². The molecule has 1 aromatic heterocycles. The second-order valence-electron chi connectivity index (χ2n) is 6.09. The Labute approximate surface area is 149 Å². The normalized spacial score (nSPS) is 17.4. The SMILES string of the molecule is O=C(c1nccc2ccccc12)N1CCCC1c1ccc(Br)cc1. The topological polar surface area (TPSA) is 33.2 Å². The predicted molar refractivity (Wildman–Crippen MR) is 98.9 cm³/mol. The predicted octanol–water partition coefficient (Wildman–Crippen LogP) is 4.97. The quantitative estimate of drug-likeness (QED) is 0.628. The van der Waals surface area contributed by atoms with Crippen molar-refractivity contribution < 1.29 is 4.79 Å². The van der Waals surface area contributed by atoms with Crippen molar-refractivity contribution in [2.75, 3.05) is 6.54 Å². The van der Waals surface area contributed by atoms with Crippen LogP contribution in [0.1, 0.15) is 34.9 Å². The Kier molecular flexibility index (Phi) is 4.07. The number of aromatic nitrogens is 1. The Morgan fingerprint density at radius 2 is 1.88 bits per heavy atom. The third-order valence-corrected chi connectivity index (χ3v) is 5.17. The van der Waals surface area contributed by atoms with E-state index in [1.165, 1.54) is 5.56 Å². The van der Waals surface area contributed by atoms with Crippen molar-refractivity contribution in [3.63, 3.8) is 0 Å². The first-order valence-electron chi connectivity index (χ1n) is 8.14. The van der Waals surface area contributed by atoms with Gasteiger partial charge in [-0.1, -0.05) is 52.3 Å². The Morgan fingerprint density at radius 3 is 2.71 bits per heavy atom. The number of nitrogens with zero attached hydrogens (tertiary/aromatic N) is 2. The minimum absolute atomic E-state index is 0.0252. The number of hydrogen-bond donors (Lipinski definition) is 0. The summed E-state index contributed by atoms with van der Waals surface area (Å²) in [6, 6.07) is 18.3. The average Bonchev–Trinajstić information content (AvgIpc) is 3.11. The molecule has 3 nitrogen and oxygen atoms in total. The van der Waals surface area contributed by atoms with Crippen LogP contribution in [0.2, 0.25) is 0 Å². The molecule has 0 spiro atoms. The molecule has 1 atom stereocenters. The van der Waals surface area contributed by atoms with Crippen LogP contribution in [0.3, 0.4) is 0 Å². The number of hydrogen-bond acceptors (Lipinski definition) is 2. The highest BCUT2D eigenvalue weighted by Crippen LogP contribution is 2.34. The van der Waals surface area contributed by atoms with Gasteiger partial charge in [-0.2, -0.15) is 0 Å². The monoisotopic (exact) mass is 380 g/mol. The first kappa shape index (κ1) is 15.3. The Bertz CT molecular complexity index is 886. The summed E-state index contributed by atoms with van der Waals surface area (Å²) in [5.74, 6) is 0.0252. The van der Waals surface area contributed by atoms with E-state index >= 15 is 0 Å². The number of pyridine rings is 1. The van der Waals surface area contributed by atoms with Crippen molar-refractivity contribution in [2.24, 2.45) is 0 Å². The zero-order valence-corrected chi connectivity index (χ0v) is 14.7. The zero-order chi connectivity index (χ0) is 16.5. The molecule has 120 valence electrons. The third kappa shape index (κ3) is 2.71. The number of fused-ring (bicyclic) bond motifs is 1. The maximum Gasteiger partial charge on any atom is 0.273 e. The fourth-order valence-corrected chi connectivity index (χ4v) is 3.73. The van der Waals surface area contributed by atoms with E-state index in [1.807, 2.05) is 47.4 Å². The molecule has 4 heteroatoms. The van der Waals surface area contributed by atoms with Gasteiger partial charge in [0.1, 0.15) is 5.69 Å². The zero-order valence-electron chi connectivity index (χ0n) is 13.2. The molecule has 0 N–H and O–H groups in total. The molecule has 2 heterocycles. The van der Waals surface area contributed by atoms with Crippen molar-refractivity contribution in [3.05, 3.63) is 76.5 Å². The molecule has 3 aromatic rings. The van der Waals surface area contributed by atoms with Crippen molar-refractivity contribution >= 4 is 32.6 Å². The summed E-state index contributed by atoms with van der Waals surface area (Å²) in [6.45, 7) is 0.782. The molecule has 0 saturated carbocycles. The fourth-order valence-electron chi connectivity index (χ4n) is 3.47. The maximum absolute atomic E-state index is 13.2. The molecule has 1 saturated heterocycles. The van der Waals surface area contributed by atoms with Crippen LogP contribution in [0.4, 0.5) is 0 Å². The third-order valence-electron chi connectivity index (χ3n) is 4.64. The Hall–Kier alpha value is -2.20. The summed E-state index contributed by atoms with van der Waals surface area (Å²) < 4.78 is 1.05. The molecule has 0 radical (unpaired) electrons. The second-order valence-corrected chi connectivity index (χ2v) is 7.00. The number of likely N-dealkylation sites (tertiary alicyclic amines) is 1. The number of amides is 1. The maximum atomic E-state index is 13.2. The molecule has 1 unspecified atom stereocenters. The minimum atomic E-state index is 0.0252. The molecule has 4 rings (SSSR count). The largest absolute Gasteiger partial charge is 0.330 e. The molecular weight excluding hydrogens is 364 g/mol. The molecule has 1 fully saturated rings. The van der Waals surface area contributed by atoms with Gasteiger partial charge in [0.25, 0.3) is 5.91 Å². The van der Waals surface area contributed by atoms with E-state index in [9.17, 15) is 4.79 Å². The van der Waals surface area contributed by atoms with Crippen LogP contribution in [0.25, 0.3) is 10.8 Å². The van der Waals surface area contributed by atoms with Gasteiger partial charge >= 0.3 is 0 Å². The molecule has 24 heavy (non-hydrogen) atoms. The number of halogens is 1. The summed E-state index contributed by atoms with van der Waals surface area (Å²) in [5.41, 5.74) is 1.74. The van der Waals surface area contributed by atoms with E-state index < -0.39 is 0 Å². The van der Waals surface area contributed by atoms with Crippen molar-refractivity contribution in [1.29, 1.82) is 0 Å². The Morgan fingerprint density at radius 1 is 1.08 bits per heavy atom. The van der Waals surface area contributed by atoms with E-state index in [0.717, 1.165) is 34.6 Å². The number of benzene rings is 2. The highest BCUT2D eigenvalue weighted by Gasteiger charge is 2.31. The van der Waals surface area contributed by atoms with Crippen molar-refractivity contribution in [3.8, 4) is 0 Å². The van der Waals surface area contributed by atoms with E-state index in [-0.39, 0.29) is 11.9 Å². The summed E-state index contributed by atoms with van der Waals surface area (Å²) in [5, 5.41) is 1.97. The highest BCUT2D eigenvalue weighted by molar-refractivity contribution is 9.10. The highest BCUT2D eigenvalue weighted by atomic mass is 79.9. The molecule has 1 amide bonds. The van der Waals surface area contributed by atoms with Crippen LogP contribution < -0.4 is 0 Å². The molecular formula is C20H17BrN2O. The van der Waals surface area contributed by atoms with Gasteiger partial charge in [0.2, 0.25) is 0 Å². The van der Waals surface area contributed by atoms with Gasteiger partial charge in [0.15, 0.2) is 0 Å². The van der Waals surface area contributed by atoms with Gasteiger partial charge in [-0.05, 0) is 42.0 Å². The van der Waals surface area contributed by atoms with Crippen LogP contribution in [-0.2, 0) is 0 Å². The first-order valence-corrected chi connectivity index (χ1v) is 8.93. The van der Waals surface area contributed by atoms with Gasteiger partial charge < -0.3 is 4.90 Å². The number of carbonyl (C=O) groups is 1. The number of carbonyl (C=O) groups excluding carboxylic acids is 1. The fraction of sp³-hybridized carbons (Fsp3) is 0.200.